The minimum absolute atomic E-state index is 0.130. The molecule has 3 heteroatoms. The second-order valence-corrected chi connectivity index (χ2v) is 4.22. The van der Waals surface area contributed by atoms with E-state index in [1.165, 1.54) is 19.3 Å². The van der Waals surface area contributed by atoms with Crippen molar-refractivity contribution < 1.29 is 4.79 Å². The maximum absolute atomic E-state index is 11.4. The van der Waals surface area contributed by atoms with Gasteiger partial charge in [0.1, 0.15) is 5.71 Å². The standard InChI is InChI=1S/C11H20N2O/c1-9(14)11(12-13(2)3)10-7-5-4-6-8-10/h10H,4-8H2,1-3H3/b12-11+. The van der Waals surface area contributed by atoms with Crippen molar-refractivity contribution in [2.24, 2.45) is 11.0 Å². The molecule has 0 unspecified atom stereocenters. The van der Waals surface area contributed by atoms with Gasteiger partial charge < -0.3 is 5.01 Å². The van der Waals surface area contributed by atoms with Crippen LogP contribution >= 0.6 is 0 Å². The fourth-order valence-electron chi connectivity index (χ4n) is 2.03. The molecule has 0 amide bonds. The number of ketones is 1. The first kappa shape index (κ1) is 11.2. The van der Waals surface area contributed by atoms with E-state index in [0.29, 0.717) is 5.92 Å². The van der Waals surface area contributed by atoms with Crippen molar-refractivity contribution in [3.8, 4) is 0 Å². The Hall–Kier alpha value is -0.860. The maximum atomic E-state index is 11.4. The van der Waals surface area contributed by atoms with Gasteiger partial charge in [0.15, 0.2) is 5.78 Å². The number of carbonyl (C=O) groups excluding carboxylic acids is 1. The summed E-state index contributed by atoms with van der Waals surface area (Å²) in [5, 5.41) is 6.03. The Morgan fingerprint density at radius 3 is 2.21 bits per heavy atom. The van der Waals surface area contributed by atoms with Gasteiger partial charge in [0, 0.05) is 26.9 Å². The van der Waals surface area contributed by atoms with Crippen LogP contribution in [0.15, 0.2) is 5.10 Å². The van der Waals surface area contributed by atoms with E-state index in [-0.39, 0.29) is 5.78 Å². The average molecular weight is 196 g/mol. The Bertz CT molecular complexity index is 227. The van der Waals surface area contributed by atoms with Crippen molar-refractivity contribution in [2.45, 2.75) is 39.0 Å². The SMILES string of the molecule is CC(=O)/C(=N\N(C)C)C1CCCCC1. The number of carbonyl (C=O) groups is 1. The smallest absolute Gasteiger partial charge is 0.176 e. The highest BCUT2D eigenvalue weighted by Gasteiger charge is 2.22. The van der Waals surface area contributed by atoms with Crippen molar-refractivity contribution in [2.75, 3.05) is 14.1 Å². The largest absolute Gasteiger partial charge is 0.303 e. The van der Waals surface area contributed by atoms with Crippen LogP contribution in [0.1, 0.15) is 39.0 Å². The molecular weight excluding hydrogens is 176 g/mol. The van der Waals surface area contributed by atoms with Gasteiger partial charge in [-0.1, -0.05) is 19.3 Å². The van der Waals surface area contributed by atoms with Gasteiger partial charge >= 0.3 is 0 Å². The normalized spacial score (nSPS) is 19.5. The summed E-state index contributed by atoms with van der Waals surface area (Å²) in [5.74, 6) is 0.536. The van der Waals surface area contributed by atoms with Gasteiger partial charge in [-0.2, -0.15) is 5.10 Å². The molecule has 0 spiro atoms. The lowest BCUT2D eigenvalue weighted by Crippen LogP contribution is -2.26. The fraction of sp³-hybridized carbons (Fsp3) is 0.818. The minimum Gasteiger partial charge on any atom is -0.303 e. The van der Waals surface area contributed by atoms with Crippen molar-refractivity contribution in [1.82, 2.24) is 5.01 Å². The van der Waals surface area contributed by atoms with E-state index < -0.39 is 0 Å². The highest BCUT2D eigenvalue weighted by Crippen LogP contribution is 2.25. The average Bonchev–Trinajstić information content (AvgIpc) is 2.15. The Morgan fingerprint density at radius 1 is 1.21 bits per heavy atom. The number of hydrogen-bond donors (Lipinski definition) is 0. The third kappa shape index (κ3) is 3.13. The van der Waals surface area contributed by atoms with Crippen molar-refractivity contribution in [3.05, 3.63) is 0 Å². The summed E-state index contributed by atoms with van der Waals surface area (Å²) in [6, 6.07) is 0. The van der Waals surface area contributed by atoms with Crippen molar-refractivity contribution >= 4 is 11.5 Å². The molecule has 0 N–H and O–H groups in total. The highest BCUT2D eigenvalue weighted by molar-refractivity contribution is 6.39. The van der Waals surface area contributed by atoms with Crippen molar-refractivity contribution in [1.29, 1.82) is 0 Å². The molecular formula is C11H20N2O. The van der Waals surface area contributed by atoms with Gasteiger partial charge in [-0.15, -0.1) is 0 Å². The van der Waals surface area contributed by atoms with E-state index in [2.05, 4.69) is 5.10 Å². The molecule has 80 valence electrons. The number of rotatable bonds is 3. The minimum atomic E-state index is 0.130. The third-order valence-electron chi connectivity index (χ3n) is 2.66. The van der Waals surface area contributed by atoms with Gasteiger partial charge in [-0.3, -0.25) is 4.79 Å². The summed E-state index contributed by atoms with van der Waals surface area (Å²) in [6.45, 7) is 1.62. The summed E-state index contributed by atoms with van der Waals surface area (Å²) in [4.78, 5) is 11.4. The molecule has 1 rings (SSSR count). The first-order valence-electron chi connectivity index (χ1n) is 5.38. The molecule has 0 aromatic carbocycles. The highest BCUT2D eigenvalue weighted by atomic mass is 16.1. The molecule has 1 aliphatic carbocycles. The second-order valence-electron chi connectivity index (χ2n) is 4.22. The molecule has 0 aromatic heterocycles. The van der Waals surface area contributed by atoms with Gasteiger partial charge in [0.2, 0.25) is 0 Å². The lowest BCUT2D eigenvalue weighted by atomic mass is 9.84. The van der Waals surface area contributed by atoms with Crippen LogP contribution in [-0.4, -0.2) is 30.6 Å². The van der Waals surface area contributed by atoms with E-state index in [9.17, 15) is 4.79 Å². The first-order chi connectivity index (χ1) is 6.61. The third-order valence-corrected chi connectivity index (χ3v) is 2.66. The summed E-state index contributed by atoms with van der Waals surface area (Å²) >= 11 is 0. The zero-order valence-corrected chi connectivity index (χ0v) is 9.42. The predicted octanol–water partition coefficient (Wildman–Crippen LogP) is 2.07. The topological polar surface area (TPSA) is 32.7 Å². The van der Waals surface area contributed by atoms with Gasteiger partial charge in [0.05, 0.1) is 0 Å². The van der Waals surface area contributed by atoms with Crippen LogP contribution < -0.4 is 0 Å². The summed E-state index contributed by atoms with van der Waals surface area (Å²) < 4.78 is 0. The molecule has 0 bridgehead atoms. The number of hydrogen-bond acceptors (Lipinski definition) is 3. The number of nitrogens with zero attached hydrogens (tertiary/aromatic N) is 2. The Labute approximate surface area is 86.2 Å². The van der Waals surface area contributed by atoms with Crippen LogP contribution in [0.4, 0.5) is 0 Å². The van der Waals surface area contributed by atoms with Crippen LogP contribution in [0.25, 0.3) is 0 Å². The Balaban J connectivity index is 2.71. The molecule has 3 nitrogen and oxygen atoms in total. The quantitative estimate of drug-likeness (QED) is 0.511. The van der Waals surface area contributed by atoms with E-state index >= 15 is 0 Å². The summed E-state index contributed by atoms with van der Waals surface area (Å²) in [7, 11) is 3.73. The van der Waals surface area contributed by atoms with Crippen molar-refractivity contribution in [3.63, 3.8) is 0 Å². The molecule has 14 heavy (non-hydrogen) atoms. The molecule has 1 saturated carbocycles. The first-order valence-corrected chi connectivity index (χ1v) is 5.38. The Morgan fingerprint density at radius 2 is 1.79 bits per heavy atom. The monoisotopic (exact) mass is 196 g/mol. The van der Waals surface area contributed by atoms with Crippen LogP contribution in [0.2, 0.25) is 0 Å². The van der Waals surface area contributed by atoms with Gasteiger partial charge in [0.25, 0.3) is 0 Å². The van der Waals surface area contributed by atoms with Gasteiger partial charge in [-0.25, -0.2) is 0 Å². The van der Waals surface area contributed by atoms with E-state index in [0.717, 1.165) is 18.6 Å². The molecule has 0 heterocycles. The zero-order valence-electron chi connectivity index (χ0n) is 9.42. The second kappa shape index (κ2) is 5.13. The summed E-state index contributed by atoms with van der Waals surface area (Å²) in [5.41, 5.74) is 0.773. The Kier molecular flexibility index (Phi) is 4.11. The van der Waals surface area contributed by atoms with Crippen LogP contribution in [0, 0.1) is 5.92 Å². The molecule has 0 aliphatic heterocycles. The van der Waals surface area contributed by atoms with Crippen LogP contribution in [0.3, 0.4) is 0 Å². The fourth-order valence-corrected chi connectivity index (χ4v) is 2.03. The number of Topliss-reactive ketones (excluding diaryl/α,β-unsaturated/α-hetero) is 1. The lowest BCUT2D eigenvalue weighted by Gasteiger charge is -2.22. The zero-order chi connectivity index (χ0) is 10.6. The van der Waals surface area contributed by atoms with Crippen LogP contribution in [0.5, 0.6) is 0 Å². The van der Waals surface area contributed by atoms with Crippen LogP contribution in [-0.2, 0) is 4.79 Å². The summed E-state index contributed by atoms with van der Waals surface area (Å²) in [6.07, 6.45) is 6.05. The van der Waals surface area contributed by atoms with E-state index in [1.54, 1.807) is 11.9 Å². The molecule has 1 fully saturated rings. The van der Waals surface area contributed by atoms with E-state index in [4.69, 9.17) is 0 Å². The molecule has 1 aliphatic rings. The maximum Gasteiger partial charge on any atom is 0.176 e. The van der Waals surface area contributed by atoms with E-state index in [1.807, 2.05) is 14.1 Å². The predicted molar refractivity (Wildman–Crippen MR) is 58.4 cm³/mol. The molecule has 0 radical (unpaired) electrons. The number of hydrazone groups is 1. The van der Waals surface area contributed by atoms with Gasteiger partial charge in [-0.05, 0) is 12.8 Å². The lowest BCUT2D eigenvalue weighted by molar-refractivity contribution is -0.111. The molecule has 0 saturated heterocycles. The molecule has 0 aromatic rings. The molecule has 0 atom stereocenters.